The number of aliphatic carboxylic acids is 1. The van der Waals surface area contributed by atoms with Crippen LogP contribution in [0.3, 0.4) is 0 Å². The maximum atomic E-state index is 13.2. The number of fused-ring (bicyclic) bond motifs is 1. The van der Waals surface area contributed by atoms with Gasteiger partial charge in [0.25, 0.3) is 0 Å². The summed E-state index contributed by atoms with van der Waals surface area (Å²) < 4.78 is 5.25. The van der Waals surface area contributed by atoms with E-state index in [1.807, 2.05) is 13.8 Å². The summed E-state index contributed by atoms with van der Waals surface area (Å²) in [6.45, 7) is 9.06. The van der Waals surface area contributed by atoms with E-state index in [-0.39, 0.29) is 24.7 Å². The molecule has 0 aliphatic carbocycles. The Labute approximate surface area is 170 Å². The van der Waals surface area contributed by atoms with E-state index in [0.717, 1.165) is 0 Å². The number of amides is 4. The Morgan fingerprint density at radius 3 is 2.38 bits per heavy atom. The number of rotatable bonds is 3. The molecule has 0 aromatic rings. The molecular formula is C19H32N4O6. The first-order chi connectivity index (χ1) is 13.4. The van der Waals surface area contributed by atoms with Gasteiger partial charge in [0.05, 0.1) is 6.54 Å². The van der Waals surface area contributed by atoms with Crippen LogP contribution in [0.1, 0.15) is 53.9 Å². The first-order valence-corrected chi connectivity index (χ1v) is 9.99. The lowest BCUT2D eigenvalue weighted by Crippen LogP contribution is -2.61. The van der Waals surface area contributed by atoms with Gasteiger partial charge in [-0.2, -0.15) is 0 Å². The molecule has 164 valence electrons. The van der Waals surface area contributed by atoms with E-state index in [0.29, 0.717) is 25.8 Å². The van der Waals surface area contributed by atoms with Gasteiger partial charge in [-0.1, -0.05) is 0 Å². The molecule has 2 aliphatic heterocycles. The minimum Gasteiger partial charge on any atom is -0.480 e. The number of nitrogens with zero attached hydrogens (tertiary/aromatic N) is 2. The second-order valence-electron chi connectivity index (χ2n) is 8.87. The Kier molecular flexibility index (Phi) is 6.97. The molecule has 0 spiro atoms. The highest BCUT2D eigenvalue weighted by Gasteiger charge is 2.45. The number of carbonyl (C=O) groups excluding carboxylic acids is 3. The SMILES string of the molecule is CC(C)NC(=O)N1CC[C@H]2CC[C@@H](C(=O)O)N2C(=O)[C@@H](NC(=O)OC(C)(C)C)C1. The molecule has 10 nitrogen and oxygen atoms in total. The number of carbonyl (C=O) groups is 4. The van der Waals surface area contributed by atoms with Crippen molar-refractivity contribution in [3.8, 4) is 0 Å². The Morgan fingerprint density at radius 1 is 1.17 bits per heavy atom. The van der Waals surface area contributed by atoms with Crippen molar-refractivity contribution in [2.75, 3.05) is 13.1 Å². The highest BCUT2D eigenvalue weighted by Crippen LogP contribution is 2.29. The molecule has 10 heteroatoms. The van der Waals surface area contributed by atoms with Crippen molar-refractivity contribution in [3.05, 3.63) is 0 Å². The van der Waals surface area contributed by atoms with Crippen LogP contribution in [0.5, 0.6) is 0 Å². The van der Waals surface area contributed by atoms with Crippen LogP contribution in [0.4, 0.5) is 9.59 Å². The van der Waals surface area contributed by atoms with Gasteiger partial charge in [0.1, 0.15) is 17.7 Å². The number of urea groups is 1. The van der Waals surface area contributed by atoms with E-state index in [1.54, 1.807) is 20.8 Å². The Balaban J connectivity index is 2.27. The number of carboxylic acid groups (broad SMARTS) is 1. The molecule has 2 rings (SSSR count). The van der Waals surface area contributed by atoms with Gasteiger partial charge < -0.3 is 30.3 Å². The quantitative estimate of drug-likeness (QED) is 0.638. The van der Waals surface area contributed by atoms with Crippen LogP contribution in [0.15, 0.2) is 0 Å². The summed E-state index contributed by atoms with van der Waals surface area (Å²) in [6.07, 6.45) is 0.591. The van der Waals surface area contributed by atoms with Gasteiger partial charge in [-0.15, -0.1) is 0 Å². The van der Waals surface area contributed by atoms with Gasteiger partial charge in [0, 0.05) is 18.6 Å². The maximum Gasteiger partial charge on any atom is 0.408 e. The van der Waals surface area contributed by atoms with E-state index in [1.165, 1.54) is 9.80 Å². The Bertz CT molecular complexity index is 660. The van der Waals surface area contributed by atoms with Crippen molar-refractivity contribution in [3.63, 3.8) is 0 Å². The molecule has 0 saturated carbocycles. The molecular weight excluding hydrogens is 380 g/mol. The van der Waals surface area contributed by atoms with Crippen LogP contribution in [-0.4, -0.2) is 81.8 Å². The van der Waals surface area contributed by atoms with Crippen molar-refractivity contribution >= 4 is 24.0 Å². The van der Waals surface area contributed by atoms with Crippen molar-refractivity contribution in [1.82, 2.24) is 20.4 Å². The third kappa shape index (κ3) is 5.98. The van der Waals surface area contributed by atoms with Crippen molar-refractivity contribution in [2.45, 2.75) is 83.6 Å². The normalized spacial score (nSPS) is 25.2. The zero-order valence-corrected chi connectivity index (χ0v) is 17.7. The molecule has 0 unspecified atom stereocenters. The second-order valence-corrected chi connectivity index (χ2v) is 8.87. The molecule has 0 bridgehead atoms. The van der Waals surface area contributed by atoms with E-state index in [4.69, 9.17) is 4.74 Å². The molecule has 3 atom stereocenters. The van der Waals surface area contributed by atoms with E-state index >= 15 is 0 Å². The number of alkyl carbamates (subject to hydrolysis) is 1. The van der Waals surface area contributed by atoms with E-state index in [2.05, 4.69) is 10.6 Å². The van der Waals surface area contributed by atoms with Crippen LogP contribution >= 0.6 is 0 Å². The van der Waals surface area contributed by atoms with Crippen LogP contribution in [0.2, 0.25) is 0 Å². The standard InChI is InChI=1S/C19H32N4O6/c1-11(2)20-17(27)22-9-8-12-6-7-14(16(25)26)23(12)15(24)13(10-22)21-18(28)29-19(3,4)5/h11-14H,6-10H2,1-5H3,(H,20,27)(H,21,28)(H,25,26)/t12-,13+,14+/m1/s1. The zero-order valence-electron chi connectivity index (χ0n) is 17.7. The molecule has 0 aromatic carbocycles. The zero-order chi connectivity index (χ0) is 21.9. The minimum absolute atomic E-state index is 0.0633. The smallest absolute Gasteiger partial charge is 0.408 e. The van der Waals surface area contributed by atoms with Gasteiger partial charge in [-0.3, -0.25) is 4.79 Å². The molecule has 0 aromatic heterocycles. The summed E-state index contributed by atoms with van der Waals surface area (Å²) in [6, 6.07) is -2.72. The van der Waals surface area contributed by atoms with Crippen molar-refractivity contribution < 1.29 is 29.0 Å². The van der Waals surface area contributed by atoms with Crippen molar-refractivity contribution in [1.29, 1.82) is 0 Å². The molecule has 4 amide bonds. The number of hydrogen-bond donors (Lipinski definition) is 3. The Morgan fingerprint density at radius 2 is 1.83 bits per heavy atom. The maximum absolute atomic E-state index is 13.2. The number of hydrogen-bond acceptors (Lipinski definition) is 5. The first kappa shape index (κ1) is 22.8. The molecule has 3 N–H and O–H groups in total. The predicted octanol–water partition coefficient (Wildman–Crippen LogP) is 1.15. The monoisotopic (exact) mass is 412 g/mol. The number of carboxylic acids is 1. The summed E-state index contributed by atoms with van der Waals surface area (Å²) in [4.78, 5) is 52.6. The lowest BCUT2D eigenvalue weighted by Gasteiger charge is -2.38. The number of nitrogens with one attached hydrogen (secondary N) is 2. The second kappa shape index (κ2) is 8.87. The average Bonchev–Trinajstić information content (AvgIpc) is 2.96. The van der Waals surface area contributed by atoms with Crippen LogP contribution in [-0.2, 0) is 14.3 Å². The molecule has 0 radical (unpaired) electrons. The fourth-order valence-corrected chi connectivity index (χ4v) is 3.70. The van der Waals surface area contributed by atoms with E-state index in [9.17, 15) is 24.3 Å². The third-order valence-electron chi connectivity index (χ3n) is 4.87. The minimum atomic E-state index is -1.09. The largest absolute Gasteiger partial charge is 0.480 e. The fourth-order valence-electron chi connectivity index (χ4n) is 3.70. The first-order valence-electron chi connectivity index (χ1n) is 9.99. The highest BCUT2D eigenvalue weighted by molar-refractivity contribution is 5.91. The van der Waals surface area contributed by atoms with E-state index < -0.39 is 35.7 Å². The van der Waals surface area contributed by atoms with Crippen molar-refractivity contribution in [2.24, 2.45) is 0 Å². The summed E-state index contributed by atoms with van der Waals surface area (Å²) in [5, 5.41) is 14.8. The number of ether oxygens (including phenoxy) is 1. The van der Waals surface area contributed by atoms with Gasteiger partial charge in [0.2, 0.25) is 5.91 Å². The predicted molar refractivity (Wildman–Crippen MR) is 104 cm³/mol. The molecule has 2 saturated heterocycles. The summed E-state index contributed by atoms with van der Waals surface area (Å²) >= 11 is 0. The lowest BCUT2D eigenvalue weighted by molar-refractivity contribution is -0.151. The van der Waals surface area contributed by atoms with Gasteiger partial charge in [0.15, 0.2) is 0 Å². The van der Waals surface area contributed by atoms with Crippen LogP contribution in [0.25, 0.3) is 0 Å². The summed E-state index contributed by atoms with van der Waals surface area (Å²) in [5.41, 5.74) is -0.761. The molecule has 2 fully saturated rings. The fraction of sp³-hybridized carbons (Fsp3) is 0.789. The molecule has 29 heavy (non-hydrogen) atoms. The molecule has 2 aliphatic rings. The Hall–Kier alpha value is -2.52. The summed E-state index contributed by atoms with van der Waals surface area (Å²) in [7, 11) is 0. The van der Waals surface area contributed by atoms with Crippen LogP contribution < -0.4 is 10.6 Å². The van der Waals surface area contributed by atoms with Crippen LogP contribution in [0, 0.1) is 0 Å². The molecule has 2 heterocycles. The summed E-state index contributed by atoms with van der Waals surface area (Å²) in [5.74, 6) is -1.57. The third-order valence-corrected chi connectivity index (χ3v) is 4.87. The van der Waals surface area contributed by atoms with Gasteiger partial charge in [-0.25, -0.2) is 14.4 Å². The topological polar surface area (TPSA) is 128 Å². The lowest BCUT2D eigenvalue weighted by atomic mass is 10.1. The van der Waals surface area contributed by atoms with Gasteiger partial charge >= 0.3 is 18.1 Å². The van der Waals surface area contributed by atoms with Gasteiger partial charge in [-0.05, 0) is 53.9 Å². The average molecular weight is 412 g/mol. The highest BCUT2D eigenvalue weighted by atomic mass is 16.6.